The first-order valence-corrected chi connectivity index (χ1v) is 40.5. The predicted molar refractivity (Wildman–Crippen MR) is 483 cm³/mol. The third kappa shape index (κ3) is 17.6. The Morgan fingerprint density at radius 3 is 1.43 bits per heavy atom. The first kappa shape index (κ1) is 86.8. The van der Waals surface area contributed by atoms with Gasteiger partial charge in [0.15, 0.2) is 11.6 Å². The van der Waals surface area contributed by atoms with Gasteiger partial charge < -0.3 is 69.2 Å². The van der Waals surface area contributed by atoms with Crippen LogP contribution in [0.3, 0.4) is 0 Å². The molecule has 4 amide bonds. The van der Waals surface area contributed by atoms with Gasteiger partial charge in [-0.1, -0.05) is 131 Å². The molecule has 654 valence electrons. The van der Waals surface area contributed by atoms with Gasteiger partial charge in [-0.05, 0) is 115 Å². The lowest BCUT2D eigenvalue weighted by Crippen LogP contribution is -2.42. The lowest BCUT2D eigenvalue weighted by Gasteiger charge is -2.25. The van der Waals surface area contributed by atoms with Crippen LogP contribution in [-0.4, -0.2) is 149 Å². The average molecular weight is 1770 g/mol. The van der Waals surface area contributed by atoms with E-state index in [-0.39, 0.29) is 57.6 Å². The van der Waals surface area contributed by atoms with E-state index in [1.807, 2.05) is 85.8 Å². The van der Waals surface area contributed by atoms with Crippen LogP contribution < -0.4 is 30.7 Å². The van der Waals surface area contributed by atoms with Crippen molar-refractivity contribution in [3.05, 3.63) is 387 Å². The number of carbonyl (C=O) groups is 4. The summed E-state index contributed by atoms with van der Waals surface area (Å²) in [5.74, 6) is -2.39. The first-order valence-electron chi connectivity index (χ1n) is 40.5. The summed E-state index contributed by atoms with van der Waals surface area (Å²) in [6, 6.07) is 64.0. The van der Waals surface area contributed by atoms with Crippen LogP contribution in [0.1, 0.15) is 51.1 Å². The third-order valence-electron chi connectivity index (χ3n) is 21.3. The number of methoxy groups -OCH3 is 2. The highest BCUT2D eigenvalue weighted by Crippen LogP contribution is 2.40. The Bertz CT molecular complexity index is 7280. The molecule has 0 saturated carbocycles. The molecule has 8 N–H and O–H groups in total. The van der Waals surface area contributed by atoms with Crippen molar-refractivity contribution in [3.8, 4) is 56.4 Å². The van der Waals surface area contributed by atoms with Crippen molar-refractivity contribution in [3.63, 3.8) is 0 Å². The van der Waals surface area contributed by atoms with Gasteiger partial charge in [0.05, 0.1) is 89.5 Å². The van der Waals surface area contributed by atoms with E-state index in [9.17, 15) is 39.6 Å². The number of fused-ring (bicyclic) bond motifs is 4. The first-order chi connectivity index (χ1) is 65.0. The van der Waals surface area contributed by atoms with Gasteiger partial charge in [-0.2, -0.15) is 20.4 Å². The molecule has 0 aliphatic rings. The maximum atomic E-state index is 13.5. The molecule has 16 aromatic heterocycles. The molecule has 0 aliphatic carbocycles. The van der Waals surface area contributed by atoms with Crippen LogP contribution in [-0.2, 0) is 41.6 Å². The highest BCUT2D eigenvalue weighted by molar-refractivity contribution is 6.05. The second-order valence-electron chi connectivity index (χ2n) is 29.2. The summed E-state index contributed by atoms with van der Waals surface area (Å²) < 4.78 is 30.7. The van der Waals surface area contributed by atoms with Crippen molar-refractivity contribution < 1.29 is 67.1 Å². The van der Waals surface area contributed by atoms with Crippen molar-refractivity contribution in [2.75, 3.05) is 35.5 Å². The summed E-state index contributed by atoms with van der Waals surface area (Å²) in [5, 5.41) is 88.1. The molecule has 0 spiro atoms. The van der Waals surface area contributed by atoms with E-state index in [1.165, 1.54) is 94.4 Å². The Hall–Kier alpha value is -18.3. The minimum atomic E-state index is -2.24. The highest BCUT2D eigenvalue weighted by Gasteiger charge is 2.48. The fourth-order valence-electron chi connectivity index (χ4n) is 14.5. The molecule has 0 unspecified atom stereocenters. The second kappa shape index (κ2) is 38.5. The van der Waals surface area contributed by atoms with Crippen LogP contribution in [0.4, 0.5) is 23.0 Å². The molecule has 133 heavy (non-hydrogen) atoms. The molecule has 0 bridgehead atoms. The molecule has 0 fully saturated rings. The SMILES string of the molecule is COc1ccc(-c2cnnc3ccccc23)nc1NC(=O)[C@](O)(c1ccccc1)c1ccon1.COc1ncc(-c2cncc3cccnc23)cc1NC(=O)[C@](O)(c1ccccn1)c1ccon1.Cc1c(NC(=O)[C@](O)(c2ccccn2)c2ncco2)cncc1-c1cncc2cccnc12.O=C(Nc1cccc(-c2cnnc3ccccc23)n1)[C@](O)(c1ccccc1)c1ccon1. The average Bonchev–Trinajstić information content (AvgIpc) is 1.76. The van der Waals surface area contributed by atoms with Crippen molar-refractivity contribution in [1.29, 1.82) is 0 Å². The van der Waals surface area contributed by atoms with Gasteiger partial charge in [0.2, 0.25) is 28.6 Å². The van der Waals surface area contributed by atoms with Crippen LogP contribution in [0.15, 0.2) is 354 Å². The molecule has 36 heteroatoms. The molecule has 4 atom stereocenters. The molecule has 20 rings (SSSR count). The number of amides is 4. The highest BCUT2D eigenvalue weighted by atomic mass is 16.5. The summed E-state index contributed by atoms with van der Waals surface area (Å²) in [4.78, 5) is 101. The summed E-state index contributed by atoms with van der Waals surface area (Å²) in [6.45, 7) is 1.85. The fourth-order valence-corrected chi connectivity index (χ4v) is 14.5. The van der Waals surface area contributed by atoms with Gasteiger partial charge in [0, 0.05) is 135 Å². The number of aromatic nitrogens is 18. The number of carbonyl (C=O) groups excluding carboxylic acids is 4. The van der Waals surface area contributed by atoms with Gasteiger partial charge in [-0.3, -0.25) is 54.1 Å². The minimum absolute atomic E-state index is 0.0192. The topological polar surface area (TPSA) is 500 Å². The lowest BCUT2D eigenvalue weighted by molar-refractivity contribution is -0.133. The number of hydrogen-bond acceptors (Lipinski definition) is 32. The standard InChI is InChI=1S/C25H19N5O4.C24H18N6O4.C24H18N6O3.C24H17N5O3/c1-33-21-12-11-19(18-15-26-29-20-10-6-5-9-17(18)20)27-23(21)28-24(31)25(32,22-13-14-34-30-22)16-7-3-2-4-8-16;1-33-22-18(11-16(13-28-22)17-14-25-12-15-5-4-9-27-21(15)17)29-23(31)24(32,20-7-10-34-30-20)19-6-2-3-8-26-19;1-15-17(18-13-25-11-16-5-4-8-28-21(16)18)12-26-14-19(15)30-22(31)24(32,23-29-9-10-33-23)20-6-2-3-7-27-20;30-23(24(31,21-13-14-32-29-21)16-7-2-1-3-8-16)27-22-12-6-11-19(26-22)18-15-25-28-20-10-5-4-9-17(18)20/h2-15,32H,1H3,(H,27,28,31);2-14,32H,1H3,(H,29,31);2-14,32H,1H3,(H,30,31);1-15,31H,(H,26,27,30)/t25-;3*24-/m0010/s1. The maximum absolute atomic E-state index is 13.5. The molecule has 20 aromatic rings. The largest absolute Gasteiger partial charge is 0.493 e. The monoisotopic (exact) mass is 1770 g/mol. The molecule has 0 radical (unpaired) electrons. The molecular weight excluding hydrogens is 1700 g/mol. The van der Waals surface area contributed by atoms with Crippen LogP contribution >= 0.6 is 0 Å². The molecule has 0 saturated heterocycles. The van der Waals surface area contributed by atoms with Gasteiger partial charge in [0.25, 0.3) is 29.2 Å². The number of benzene rings is 4. The van der Waals surface area contributed by atoms with E-state index in [0.29, 0.717) is 45.0 Å². The molecular formula is C97H72N22O14. The third-order valence-corrected chi connectivity index (χ3v) is 21.3. The molecule has 0 aliphatic heterocycles. The number of aliphatic hydroxyl groups is 4. The van der Waals surface area contributed by atoms with Crippen LogP contribution in [0.25, 0.3) is 88.4 Å². The summed E-state index contributed by atoms with van der Waals surface area (Å²) in [5.41, 5.74) is 2.17. The Morgan fingerprint density at radius 1 is 0.368 bits per heavy atom. The van der Waals surface area contributed by atoms with Crippen LogP contribution in [0.5, 0.6) is 11.6 Å². The Morgan fingerprint density at radius 2 is 0.872 bits per heavy atom. The lowest BCUT2D eigenvalue weighted by atomic mass is 9.89. The number of hydrogen-bond donors (Lipinski definition) is 8. The normalized spacial score (nSPS) is 12.8. The number of pyridine rings is 10. The van der Waals surface area contributed by atoms with Gasteiger partial charge in [-0.25, -0.2) is 19.9 Å². The number of nitrogens with one attached hydrogen (secondary N) is 4. The zero-order valence-corrected chi connectivity index (χ0v) is 70.2. The summed E-state index contributed by atoms with van der Waals surface area (Å²) >= 11 is 0. The minimum Gasteiger partial charge on any atom is -0.493 e. The number of oxazole rings is 1. The zero-order valence-electron chi connectivity index (χ0n) is 70.2. The Kier molecular flexibility index (Phi) is 25.1. The van der Waals surface area contributed by atoms with E-state index >= 15 is 0 Å². The van der Waals surface area contributed by atoms with E-state index in [0.717, 1.165) is 71.5 Å². The molecule has 16 heterocycles. The number of nitrogens with zero attached hydrogens (tertiary/aromatic N) is 18. The van der Waals surface area contributed by atoms with Crippen LogP contribution in [0.2, 0.25) is 0 Å². The summed E-state index contributed by atoms with van der Waals surface area (Å²) in [6.07, 6.45) is 27.7. The van der Waals surface area contributed by atoms with Crippen molar-refractivity contribution in [2.24, 2.45) is 0 Å². The van der Waals surface area contributed by atoms with Crippen molar-refractivity contribution in [1.82, 2.24) is 90.7 Å². The van der Waals surface area contributed by atoms with E-state index in [2.05, 4.69) is 112 Å². The maximum Gasteiger partial charge on any atom is 0.272 e. The van der Waals surface area contributed by atoms with E-state index in [1.54, 1.807) is 177 Å². The molecule has 4 aromatic carbocycles. The number of rotatable bonds is 22. The van der Waals surface area contributed by atoms with Gasteiger partial charge in [-0.15, -0.1) is 0 Å². The summed E-state index contributed by atoms with van der Waals surface area (Å²) in [7, 11) is 2.90. The Balaban J connectivity index is 0.000000124. The molecule has 36 nitrogen and oxygen atoms in total. The predicted octanol–water partition coefficient (Wildman–Crippen LogP) is 13.3. The van der Waals surface area contributed by atoms with Crippen LogP contribution in [0, 0.1) is 6.92 Å². The number of ether oxygens (including phenoxy) is 2. The van der Waals surface area contributed by atoms with Gasteiger partial charge >= 0.3 is 0 Å². The zero-order chi connectivity index (χ0) is 91.9. The second-order valence-corrected chi connectivity index (χ2v) is 29.2. The quantitative estimate of drug-likeness (QED) is 0.0312. The fraction of sp³-hybridized carbons (Fsp3) is 0.0722. The Labute approximate surface area is 752 Å². The van der Waals surface area contributed by atoms with Crippen molar-refractivity contribution in [2.45, 2.75) is 29.3 Å². The van der Waals surface area contributed by atoms with E-state index in [4.69, 9.17) is 27.5 Å². The van der Waals surface area contributed by atoms with Gasteiger partial charge in [0.1, 0.15) is 53.6 Å². The van der Waals surface area contributed by atoms with E-state index < -0.39 is 46.0 Å². The smallest absolute Gasteiger partial charge is 0.272 e. The van der Waals surface area contributed by atoms with Crippen molar-refractivity contribution >= 4 is 90.3 Å². The number of anilines is 4.